The quantitative estimate of drug-likeness (QED) is 0.394. The molecule has 8 nitrogen and oxygen atoms in total. The maximum absolute atomic E-state index is 12.8. The van der Waals surface area contributed by atoms with E-state index in [4.69, 9.17) is 39.1 Å². The SMILES string of the molecule is Cc1ccc(S(=O)ONc2cccc(C(=O)NC3=NN(c4c(Cl)cc(Cl)cc4Cl)C(=O)C3)c2)cc1. The lowest BCUT2D eigenvalue weighted by molar-refractivity contribution is -0.116. The fraction of sp³-hybridized carbons (Fsp3) is 0.0870. The van der Waals surface area contributed by atoms with Crippen LogP contribution in [0.2, 0.25) is 15.1 Å². The van der Waals surface area contributed by atoms with Crippen molar-refractivity contribution < 1.29 is 18.1 Å². The lowest BCUT2D eigenvalue weighted by Crippen LogP contribution is -2.29. The molecule has 0 fully saturated rings. The predicted molar refractivity (Wildman–Crippen MR) is 137 cm³/mol. The second-order valence-corrected chi connectivity index (χ2v) is 9.77. The molecule has 1 aliphatic rings. The average Bonchev–Trinajstić information content (AvgIpc) is 3.16. The number of carbonyl (C=O) groups is 2. The normalized spacial score (nSPS) is 14.0. The van der Waals surface area contributed by atoms with E-state index >= 15 is 0 Å². The molecule has 4 rings (SSSR count). The molecule has 0 aromatic heterocycles. The molecular formula is C23H17Cl3N4O4S. The van der Waals surface area contributed by atoms with Crippen LogP contribution in [-0.4, -0.2) is 21.9 Å². The minimum absolute atomic E-state index is 0.122. The molecular weight excluding hydrogens is 535 g/mol. The predicted octanol–water partition coefficient (Wildman–Crippen LogP) is 5.50. The Kier molecular flexibility index (Phi) is 7.73. The van der Waals surface area contributed by atoms with Gasteiger partial charge in [0.25, 0.3) is 11.8 Å². The summed E-state index contributed by atoms with van der Waals surface area (Å²) in [5, 5.41) is 8.40. The Hall–Kier alpha value is -2.95. The number of carbonyl (C=O) groups excluding carboxylic acids is 2. The molecule has 3 aromatic carbocycles. The highest BCUT2D eigenvalue weighted by Crippen LogP contribution is 2.38. The van der Waals surface area contributed by atoms with E-state index in [2.05, 4.69) is 15.9 Å². The summed E-state index contributed by atoms with van der Waals surface area (Å²) >= 11 is 16.5. The molecule has 3 aromatic rings. The van der Waals surface area contributed by atoms with Crippen LogP contribution in [-0.2, 0) is 20.2 Å². The second kappa shape index (κ2) is 10.8. The zero-order valence-electron chi connectivity index (χ0n) is 18.1. The van der Waals surface area contributed by atoms with E-state index in [0.717, 1.165) is 10.6 Å². The van der Waals surface area contributed by atoms with Gasteiger partial charge < -0.3 is 5.32 Å². The van der Waals surface area contributed by atoms with Gasteiger partial charge in [0.05, 0.1) is 27.0 Å². The Labute approximate surface area is 218 Å². The number of rotatable bonds is 6. The van der Waals surface area contributed by atoms with Gasteiger partial charge in [-0.05, 0) is 49.4 Å². The summed E-state index contributed by atoms with van der Waals surface area (Å²) in [5.41, 5.74) is 4.47. The van der Waals surface area contributed by atoms with Crippen molar-refractivity contribution >= 4 is 74.9 Å². The second-order valence-electron chi connectivity index (χ2n) is 7.42. The van der Waals surface area contributed by atoms with Crippen molar-refractivity contribution in [2.45, 2.75) is 18.2 Å². The van der Waals surface area contributed by atoms with Gasteiger partial charge in [0.1, 0.15) is 11.5 Å². The third kappa shape index (κ3) is 6.01. The maximum atomic E-state index is 12.8. The third-order valence-corrected chi connectivity index (χ3v) is 6.49. The monoisotopic (exact) mass is 550 g/mol. The van der Waals surface area contributed by atoms with Crippen LogP contribution in [0.1, 0.15) is 22.3 Å². The summed E-state index contributed by atoms with van der Waals surface area (Å²) in [4.78, 5) is 25.7. The van der Waals surface area contributed by atoms with Crippen molar-refractivity contribution in [2.24, 2.45) is 5.10 Å². The minimum atomic E-state index is -1.75. The van der Waals surface area contributed by atoms with E-state index in [1.54, 1.807) is 30.3 Å². The van der Waals surface area contributed by atoms with Crippen molar-refractivity contribution in [2.75, 3.05) is 10.5 Å². The van der Waals surface area contributed by atoms with Crippen LogP contribution in [0.3, 0.4) is 0 Å². The van der Waals surface area contributed by atoms with Gasteiger partial charge >= 0.3 is 0 Å². The number of hydrogen-bond acceptors (Lipinski definition) is 6. The molecule has 0 aliphatic carbocycles. The van der Waals surface area contributed by atoms with E-state index in [1.165, 1.54) is 18.2 Å². The smallest absolute Gasteiger partial charge is 0.256 e. The van der Waals surface area contributed by atoms with Crippen molar-refractivity contribution in [3.63, 3.8) is 0 Å². The van der Waals surface area contributed by atoms with Gasteiger partial charge in [0.2, 0.25) is 11.1 Å². The van der Waals surface area contributed by atoms with Crippen LogP contribution in [0.5, 0.6) is 0 Å². The minimum Gasteiger partial charge on any atom is -0.308 e. The number of halogens is 3. The lowest BCUT2D eigenvalue weighted by atomic mass is 10.2. The third-order valence-electron chi connectivity index (χ3n) is 4.80. The number of amidine groups is 1. The van der Waals surface area contributed by atoms with Crippen LogP contribution in [0.15, 0.2) is 70.7 Å². The average molecular weight is 552 g/mol. The summed E-state index contributed by atoms with van der Waals surface area (Å²) in [6.07, 6.45) is -0.155. The molecule has 0 spiro atoms. The van der Waals surface area contributed by atoms with E-state index < -0.39 is 22.9 Å². The number of hydrogen-bond donors (Lipinski definition) is 2. The Morgan fingerprint density at radius 3 is 2.43 bits per heavy atom. The first-order valence-electron chi connectivity index (χ1n) is 10.1. The Bertz CT molecular complexity index is 1340. The first-order chi connectivity index (χ1) is 16.7. The van der Waals surface area contributed by atoms with Crippen molar-refractivity contribution in [3.05, 3.63) is 86.9 Å². The van der Waals surface area contributed by atoms with Crippen LogP contribution >= 0.6 is 34.8 Å². The topological polar surface area (TPSA) is 100 Å². The zero-order chi connectivity index (χ0) is 25.1. The molecule has 1 aliphatic heterocycles. The number of benzene rings is 3. The first kappa shape index (κ1) is 25.2. The van der Waals surface area contributed by atoms with Crippen LogP contribution < -0.4 is 15.8 Å². The summed E-state index contributed by atoms with van der Waals surface area (Å²) in [6, 6.07) is 16.3. The van der Waals surface area contributed by atoms with E-state index in [9.17, 15) is 13.8 Å². The Morgan fingerprint density at radius 2 is 1.74 bits per heavy atom. The van der Waals surface area contributed by atoms with Crippen molar-refractivity contribution in [3.8, 4) is 0 Å². The highest BCUT2D eigenvalue weighted by molar-refractivity contribution is 7.80. The van der Waals surface area contributed by atoms with Crippen LogP contribution in [0, 0.1) is 6.92 Å². The highest BCUT2D eigenvalue weighted by Gasteiger charge is 2.30. The van der Waals surface area contributed by atoms with Gasteiger partial charge in [0.15, 0.2) is 0 Å². The molecule has 180 valence electrons. The van der Waals surface area contributed by atoms with Gasteiger partial charge in [-0.3, -0.25) is 15.1 Å². The summed E-state index contributed by atoms with van der Waals surface area (Å²) < 4.78 is 17.5. The van der Waals surface area contributed by atoms with E-state index in [1.807, 2.05) is 19.1 Å². The van der Waals surface area contributed by atoms with Crippen LogP contribution in [0.4, 0.5) is 11.4 Å². The van der Waals surface area contributed by atoms with Gasteiger partial charge in [-0.1, -0.05) is 58.6 Å². The summed E-state index contributed by atoms with van der Waals surface area (Å²) in [7, 11) is 0. The number of anilines is 2. The first-order valence-corrected chi connectivity index (χ1v) is 12.3. The molecule has 2 N–H and O–H groups in total. The fourth-order valence-electron chi connectivity index (χ4n) is 3.12. The largest absolute Gasteiger partial charge is 0.308 e. The molecule has 1 unspecified atom stereocenters. The lowest BCUT2D eigenvalue weighted by Gasteiger charge is -2.15. The summed E-state index contributed by atoms with van der Waals surface area (Å²) in [6.45, 7) is 1.93. The molecule has 1 heterocycles. The molecule has 0 saturated heterocycles. The van der Waals surface area contributed by atoms with Crippen molar-refractivity contribution in [1.82, 2.24) is 5.32 Å². The van der Waals surface area contributed by atoms with Gasteiger partial charge in [-0.2, -0.15) is 14.4 Å². The molecule has 12 heteroatoms. The molecule has 1 atom stereocenters. The molecule has 35 heavy (non-hydrogen) atoms. The number of hydrazone groups is 1. The molecule has 2 amide bonds. The number of nitrogens with zero attached hydrogens (tertiary/aromatic N) is 2. The van der Waals surface area contributed by atoms with E-state index in [-0.39, 0.29) is 33.6 Å². The van der Waals surface area contributed by atoms with Gasteiger partial charge in [0, 0.05) is 10.6 Å². The highest BCUT2D eigenvalue weighted by atomic mass is 35.5. The molecule has 0 radical (unpaired) electrons. The summed E-state index contributed by atoms with van der Waals surface area (Å²) in [5.74, 6) is -0.805. The van der Waals surface area contributed by atoms with Crippen molar-refractivity contribution in [1.29, 1.82) is 0 Å². The van der Waals surface area contributed by atoms with Gasteiger partial charge in [-0.25, -0.2) is 4.21 Å². The molecule has 0 bridgehead atoms. The van der Waals surface area contributed by atoms with Gasteiger partial charge in [-0.15, -0.1) is 0 Å². The zero-order valence-corrected chi connectivity index (χ0v) is 21.1. The number of amides is 2. The standard InChI is InChI=1S/C23H17Cl3N4O4S/c1-13-5-7-17(8-6-13)35(33)34-29-16-4-2-3-14(9-16)23(32)27-20-12-21(31)30(28-20)22-18(25)10-15(24)11-19(22)26/h2-11,29H,12H2,1H3,(H,27,28,32). The van der Waals surface area contributed by atoms with E-state index in [0.29, 0.717) is 15.6 Å². The Balaban J connectivity index is 1.43. The Morgan fingerprint density at radius 1 is 1.06 bits per heavy atom. The maximum Gasteiger partial charge on any atom is 0.256 e. The number of nitrogens with one attached hydrogen (secondary N) is 2. The van der Waals surface area contributed by atoms with Crippen LogP contribution in [0.25, 0.3) is 0 Å². The fourth-order valence-corrected chi connectivity index (χ4v) is 4.72. The number of aryl methyl sites for hydroxylation is 1. The molecule has 0 saturated carbocycles.